The number of hydrogen-bond acceptors (Lipinski definition) is 14. The summed E-state index contributed by atoms with van der Waals surface area (Å²) >= 11 is 3.35. The van der Waals surface area contributed by atoms with Crippen molar-refractivity contribution < 1.29 is 70.5 Å². The highest BCUT2D eigenvalue weighted by Crippen LogP contribution is 2.28. The van der Waals surface area contributed by atoms with Crippen LogP contribution in [0.1, 0.15) is 186 Å². The molecule has 18 heteroatoms. The SMILES string of the molecule is CC(=O)/C=C/C=C/c1ccccc1.CC(=O)/C=C/c1cccc(Br)c1.CC(=O)/C=C/c1ccccc1.CC(=O)C(N)CCc1ccccc1.CC(=O)CC(N)CCc1ccccc1.CC(=O)CCCCc1ccccc1.CC(=O)c1ccc(OC(F)(F)F)cc1.COc1ccc(/C=C/C(C)=O)cc1.COc1ccc(C(C)=O)cc1C(C)C. The lowest BCUT2D eigenvalue weighted by atomic mass is 9.98. The Labute approximate surface area is 699 Å². The molecule has 0 heterocycles. The van der Waals surface area contributed by atoms with Gasteiger partial charge in [0, 0.05) is 34.5 Å². The third kappa shape index (κ3) is 56.3. The van der Waals surface area contributed by atoms with Gasteiger partial charge in [0.25, 0.3) is 0 Å². The lowest BCUT2D eigenvalue weighted by Gasteiger charge is -2.12. The number of halogens is 4. The molecule has 0 saturated carbocycles. The molecule has 0 aliphatic heterocycles. The van der Waals surface area contributed by atoms with Crippen LogP contribution in [0, 0.1) is 0 Å². The Morgan fingerprint density at radius 3 is 1.22 bits per heavy atom. The summed E-state index contributed by atoms with van der Waals surface area (Å²) in [5.74, 6) is 2.39. The lowest BCUT2D eigenvalue weighted by molar-refractivity contribution is -0.274. The number of unbranched alkanes of at least 4 members (excludes halogenated alkanes) is 1. The normalized spacial score (nSPS) is 11.0. The van der Waals surface area contributed by atoms with Gasteiger partial charge in [-0.3, -0.25) is 38.4 Å². The summed E-state index contributed by atoms with van der Waals surface area (Å²) in [6, 6.07) is 75.7. The molecule has 14 nitrogen and oxygen atoms in total. The van der Waals surface area contributed by atoms with E-state index in [1.807, 2.05) is 194 Å². The molecule has 0 aliphatic carbocycles. The number of benzene rings is 9. The number of methoxy groups -OCH3 is 2. The van der Waals surface area contributed by atoms with Crippen LogP contribution < -0.4 is 25.7 Å². The van der Waals surface area contributed by atoms with E-state index in [0.717, 1.165) is 113 Å². The molecule has 2 atom stereocenters. The van der Waals surface area contributed by atoms with Gasteiger partial charge in [0.1, 0.15) is 34.6 Å². The van der Waals surface area contributed by atoms with Crippen molar-refractivity contribution in [3.05, 3.63) is 339 Å². The van der Waals surface area contributed by atoms with Crippen molar-refractivity contribution in [2.24, 2.45) is 11.5 Å². The Bertz CT molecular complexity index is 4530. The Hall–Kier alpha value is -11.7. The van der Waals surface area contributed by atoms with Crippen LogP contribution in [-0.4, -0.2) is 84.7 Å². The molecule has 9 rings (SSSR count). The van der Waals surface area contributed by atoms with Crippen LogP contribution >= 0.6 is 15.9 Å². The molecule has 0 radical (unpaired) electrons. The molecule has 0 spiro atoms. The van der Waals surface area contributed by atoms with E-state index in [4.69, 9.17) is 20.9 Å². The molecule has 2 unspecified atom stereocenters. The third-order valence-corrected chi connectivity index (χ3v) is 16.5. The summed E-state index contributed by atoms with van der Waals surface area (Å²) < 4.78 is 50.0. The number of ether oxygens (including phenoxy) is 3. The molecule has 620 valence electrons. The van der Waals surface area contributed by atoms with Gasteiger partial charge in [0.05, 0.1) is 20.3 Å². The molecular formula is C99H114BrF3N2O12. The molecule has 0 aliphatic rings. The average molecular weight is 1660 g/mol. The Balaban J connectivity index is 0.000000659. The molecule has 0 aromatic heterocycles. The number of Topliss-reactive ketones (excluding diaryl/α,β-unsaturated/α-hetero) is 5. The van der Waals surface area contributed by atoms with Gasteiger partial charge in [-0.15, -0.1) is 13.2 Å². The third-order valence-electron chi connectivity index (χ3n) is 16.0. The fourth-order valence-electron chi connectivity index (χ4n) is 9.73. The highest BCUT2D eigenvalue weighted by atomic mass is 79.9. The van der Waals surface area contributed by atoms with Crippen LogP contribution in [0.15, 0.2) is 284 Å². The second kappa shape index (κ2) is 61.7. The summed E-state index contributed by atoms with van der Waals surface area (Å²) in [5, 5.41) is 0. The Kier molecular flexibility index (Phi) is 54.5. The monoisotopic (exact) mass is 1660 g/mol. The fraction of sp³-hybridized carbons (Fsp3) is 0.263. The minimum Gasteiger partial charge on any atom is -0.497 e. The maximum absolute atomic E-state index is 11.7. The minimum absolute atomic E-state index is 0.00714. The van der Waals surface area contributed by atoms with Gasteiger partial charge in [-0.25, -0.2) is 0 Å². The van der Waals surface area contributed by atoms with Gasteiger partial charge in [-0.1, -0.05) is 242 Å². The predicted molar refractivity (Wildman–Crippen MR) is 474 cm³/mol. The van der Waals surface area contributed by atoms with Crippen LogP contribution in [0.2, 0.25) is 0 Å². The zero-order valence-electron chi connectivity index (χ0n) is 69.5. The highest BCUT2D eigenvalue weighted by molar-refractivity contribution is 9.10. The Morgan fingerprint density at radius 2 is 0.821 bits per heavy atom. The van der Waals surface area contributed by atoms with Crippen LogP contribution in [0.25, 0.3) is 24.3 Å². The van der Waals surface area contributed by atoms with E-state index >= 15 is 0 Å². The zero-order valence-corrected chi connectivity index (χ0v) is 71.1. The van der Waals surface area contributed by atoms with Crippen LogP contribution in [0.5, 0.6) is 17.2 Å². The first-order valence-corrected chi connectivity index (χ1v) is 39.0. The number of rotatable bonds is 29. The molecular weight excluding hydrogens is 1550 g/mol. The van der Waals surface area contributed by atoms with Gasteiger partial charge in [-0.2, -0.15) is 0 Å². The number of aryl methyl sites for hydroxylation is 3. The first kappa shape index (κ1) is 103. The van der Waals surface area contributed by atoms with Crippen molar-refractivity contribution in [2.45, 2.75) is 158 Å². The van der Waals surface area contributed by atoms with E-state index in [0.29, 0.717) is 23.7 Å². The summed E-state index contributed by atoms with van der Waals surface area (Å²) in [7, 11) is 3.27. The van der Waals surface area contributed by atoms with E-state index < -0.39 is 6.36 Å². The molecule has 117 heavy (non-hydrogen) atoms. The molecule has 0 fully saturated rings. The maximum atomic E-state index is 11.7. The van der Waals surface area contributed by atoms with E-state index in [-0.39, 0.29) is 64.1 Å². The maximum Gasteiger partial charge on any atom is 0.573 e. The minimum atomic E-state index is -4.70. The number of hydrogen-bond donors (Lipinski definition) is 2. The van der Waals surface area contributed by atoms with Crippen molar-refractivity contribution in [3.63, 3.8) is 0 Å². The molecule has 0 saturated heterocycles. The van der Waals surface area contributed by atoms with E-state index in [9.17, 15) is 56.3 Å². The number of allylic oxidation sites excluding steroid dienone is 6. The number of nitrogens with two attached hydrogens (primary N) is 2. The summed E-state index contributed by atoms with van der Waals surface area (Å²) in [5.41, 5.74) is 21.7. The molecule has 0 bridgehead atoms. The van der Waals surface area contributed by atoms with Gasteiger partial charge < -0.3 is 30.5 Å². The van der Waals surface area contributed by atoms with E-state index in [2.05, 4.69) is 70.9 Å². The summed E-state index contributed by atoms with van der Waals surface area (Å²) in [6.45, 7) is 18.0. The highest BCUT2D eigenvalue weighted by Gasteiger charge is 2.31. The quantitative estimate of drug-likeness (QED) is 0.0192. The smallest absolute Gasteiger partial charge is 0.497 e. The summed E-state index contributed by atoms with van der Waals surface area (Å²) in [4.78, 5) is 96.5. The van der Waals surface area contributed by atoms with Gasteiger partial charge in [0.15, 0.2) is 34.7 Å². The standard InChI is InChI=1S/C12H17NO.C12H16O2.C12H16O.C12H12O.C11H15NO.C11H12O2.C10H9BrO.C10H10O.C9H7F3O2/c1-10(14)9-12(13)8-7-11-5-3-2-4-6-11;1-8(2)11-7-10(9(3)13)5-6-12(11)14-4;2*1-11(13)7-5-6-10-12-8-3-2-4-9-12;1-9(13)11(12)8-7-10-5-3-2-4-6-10;1-9(12)3-4-10-5-7-11(13-2)8-6-10;1-8(12)5-6-9-3-2-4-10(11)7-9;1-9(11)7-8-10-5-3-2-4-6-10;1-6(13)7-2-4-8(5-3-7)14-9(10,11)12/h2-6,12H,7-9,13H2,1H3;5-8H,1-4H3;2-4,8-9H,5-7,10H2,1H3;2-10H,1H3;2-6,11H,7-8,12H2,1H3;3-8H,1-2H3;2-7H,1H3;2-8H,1H3;2-5H,1H3/b;;;7-5+,10-6+;;4-3+;6-5+;8-7+;. The number of carbonyl (C=O) groups is 9. The number of ketones is 9. The molecule has 9 aromatic rings. The summed E-state index contributed by atoms with van der Waals surface area (Å²) in [6.07, 6.45) is 20.3. The largest absolute Gasteiger partial charge is 0.573 e. The van der Waals surface area contributed by atoms with Crippen LogP contribution in [0.3, 0.4) is 0 Å². The number of alkyl halides is 3. The fourth-order valence-corrected chi connectivity index (χ4v) is 10.2. The predicted octanol–water partition coefficient (Wildman–Crippen LogP) is 22.7. The molecule has 0 amide bonds. The van der Waals surface area contributed by atoms with Crippen molar-refractivity contribution in [1.82, 2.24) is 0 Å². The lowest BCUT2D eigenvalue weighted by Crippen LogP contribution is -2.28. The van der Waals surface area contributed by atoms with Gasteiger partial charge >= 0.3 is 6.36 Å². The van der Waals surface area contributed by atoms with Crippen molar-refractivity contribution in [1.29, 1.82) is 0 Å². The number of carbonyl (C=O) groups excluding carboxylic acids is 9. The van der Waals surface area contributed by atoms with Crippen molar-refractivity contribution >= 4 is 92.3 Å². The van der Waals surface area contributed by atoms with E-state index in [1.54, 1.807) is 90.5 Å². The van der Waals surface area contributed by atoms with Gasteiger partial charge in [-0.05, 0) is 249 Å². The van der Waals surface area contributed by atoms with Crippen LogP contribution in [0.4, 0.5) is 13.2 Å². The zero-order chi connectivity index (χ0) is 87.4. The van der Waals surface area contributed by atoms with Crippen molar-refractivity contribution in [3.8, 4) is 17.2 Å². The Morgan fingerprint density at radius 1 is 0.410 bits per heavy atom. The van der Waals surface area contributed by atoms with E-state index in [1.165, 1.54) is 63.4 Å². The average Bonchev–Trinajstić information content (AvgIpc) is 0.898. The van der Waals surface area contributed by atoms with Crippen molar-refractivity contribution in [2.75, 3.05) is 14.2 Å². The first-order chi connectivity index (χ1) is 55.6. The van der Waals surface area contributed by atoms with Crippen LogP contribution in [-0.2, 0) is 52.8 Å². The second-order valence-electron chi connectivity index (χ2n) is 26.9. The van der Waals surface area contributed by atoms with Gasteiger partial charge in [0.2, 0.25) is 0 Å². The first-order valence-electron chi connectivity index (χ1n) is 38.2. The molecule has 4 N–H and O–H groups in total. The topological polar surface area (TPSA) is 233 Å². The molecule has 9 aromatic carbocycles. The second-order valence-corrected chi connectivity index (χ2v) is 27.8.